The topological polar surface area (TPSA) is 104 Å². The van der Waals surface area contributed by atoms with Crippen molar-refractivity contribution in [3.8, 4) is 22.9 Å². The molecule has 0 spiro atoms. The van der Waals surface area contributed by atoms with Gasteiger partial charge in [-0.3, -0.25) is 4.79 Å². The fraction of sp³-hybridized carbons (Fsp3) is 0.471. The first kappa shape index (κ1) is 18.5. The van der Waals surface area contributed by atoms with Crippen LogP contribution in [0.1, 0.15) is 18.7 Å². The van der Waals surface area contributed by atoms with Crippen LogP contribution in [-0.4, -0.2) is 54.3 Å². The summed E-state index contributed by atoms with van der Waals surface area (Å²) >= 11 is 6.21. The van der Waals surface area contributed by atoms with Crippen LogP contribution in [-0.2, 0) is 11.2 Å². The number of likely N-dealkylation sites (tertiary alicyclic amines) is 1. The van der Waals surface area contributed by atoms with E-state index in [9.17, 15) is 4.79 Å². The van der Waals surface area contributed by atoms with Crippen LogP contribution in [0.2, 0.25) is 5.02 Å². The second kappa shape index (κ2) is 7.92. The summed E-state index contributed by atoms with van der Waals surface area (Å²) in [6.07, 6.45) is 1.52. The van der Waals surface area contributed by atoms with Gasteiger partial charge >= 0.3 is 0 Å². The number of halogens is 1. The first-order valence-corrected chi connectivity index (χ1v) is 8.67. The molecule has 3 rings (SSSR count). The largest absolute Gasteiger partial charge is 0.493 e. The number of nitrogens with zero attached hydrogens (tertiary/aromatic N) is 3. The van der Waals surface area contributed by atoms with Crippen molar-refractivity contribution < 1.29 is 18.8 Å². The number of hydrogen-bond acceptors (Lipinski definition) is 7. The standard InChI is InChI=1S/C17H21ClN4O4/c1-24-13-8-10(7-12(18)16(13)25-2)17-20-14(26-21-17)3-4-15(23)22-6-5-11(19)9-22/h7-8,11H,3-6,9,19H2,1-2H3/t11-/m1/s1. The number of aromatic nitrogens is 2. The number of carbonyl (C=O) groups is 1. The van der Waals surface area contributed by atoms with Crippen molar-refractivity contribution in [1.82, 2.24) is 15.0 Å². The van der Waals surface area contributed by atoms with Crippen molar-refractivity contribution in [3.05, 3.63) is 23.0 Å². The van der Waals surface area contributed by atoms with Gasteiger partial charge in [0.1, 0.15) is 0 Å². The summed E-state index contributed by atoms with van der Waals surface area (Å²) < 4.78 is 15.7. The zero-order chi connectivity index (χ0) is 18.7. The molecule has 1 aromatic carbocycles. The van der Waals surface area contributed by atoms with E-state index in [1.54, 1.807) is 17.0 Å². The zero-order valence-electron chi connectivity index (χ0n) is 14.7. The Kier molecular flexibility index (Phi) is 5.63. The quantitative estimate of drug-likeness (QED) is 0.816. The summed E-state index contributed by atoms with van der Waals surface area (Å²) in [7, 11) is 3.04. The molecule has 1 saturated heterocycles. The Morgan fingerprint density at radius 2 is 2.23 bits per heavy atom. The molecule has 0 unspecified atom stereocenters. The molecular weight excluding hydrogens is 360 g/mol. The Labute approximate surface area is 156 Å². The lowest BCUT2D eigenvalue weighted by atomic mass is 10.2. The Morgan fingerprint density at radius 3 is 2.88 bits per heavy atom. The van der Waals surface area contributed by atoms with E-state index in [0.717, 1.165) is 6.42 Å². The molecule has 1 atom stereocenters. The van der Waals surface area contributed by atoms with Gasteiger partial charge in [-0.1, -0.05) is 16.8 Å². The highest BCUT2D eigenvalue weighted by Crippen LogP contribution is 2.38. The normalized spacial score (nSPS) is 16.8. The third kappa shape index (κ3) is 3.91. The van der Waals surface area contributed by atoms with Gasteiger partial charge in [-0.15, -0.1) is 0 Å². The van der Waals surface area contributed by atoms with E-state index in [-0.39, 0.29) is 11.9 Å². The van der Waals surface area contributed by atoms with Gasteiger partial charge in [0.15, 0.2) is 11.5 Å². The molecule has 2 heterocycles. The third-order valence-corrected chi connectivity index (χ3v) is 4.57. The highest BCUT2D eigenvalue weighted by molar-refractivity contribution is 6.32. The minimum absolute atomic E-state index is 0.0480. The van der Waals surface area contributed by atoms with Crippen molar-refractivity contribution in [2.75, 3.05) is 27.3 Å². The Balaban J connectivity index is 1.68. The molecule has 140 valence electrons. The molecule has 1 aliphatic heterocycles. The first-order chi connectivity index (χ1) is 12.5. The predicted molar refractivity (Wildman–Crippen MR) is 95.3 cm³/mol. The van der Waals surface area contributed by atoms with Gasteiger partial charge in [0.2, 0.25) is 17.6 Å². The molecule has 1 aromatic heterocycles. The number of hydrogen-bond donors (Lipinski definition) is 1. The molecular formula is C17H21ClN4O4. The van der Waals surface area contributed by atoms with Crippen molar-refractivity contribution in [2.45, 2.75) is 25.3 Å². The van der Waals surface area contributed by atoms with Crippen molar-refractivity contribution in [2.24, 2.45) is 5.73 Å². The number of methoxy groups -OCH3 is 2. The zero-order valence-corrected chi connectivity index (χ0v) is 15.5. The molecule has 8 nitrogen and oxygen atoms in total. The summed E-state index contributed by atoms with van der Waals surface area (Å²) in [5.74, 6) is 1.73. The molecule has 9 heteroatoms. The molecule has 0 saturated carbocycles. The second-order valence-electron chi connectivity index (χ2n) is 6.09. The fourth-order valence-electron chi connectivity index (χ4n) is 2.91. The van der Waals surface area contributed by atoms with Crippen LogP contribution in [0.5, 0.6) is 11.5 Å². The summed E-state index contributed by atoms with van der Waals surface area (Å²) in [4.78, 5) is 18.3. The van der Waals surface area contributed by atoms with Crippen LogP contribution in [0.15, 0.2) is 16.7 Å². The van der Waals surface area contributed by atoms with Crippen LogP contribution in [0, 0.1) is 0 Å². The number of nitrogens with two attached hydrogens (primary N) is 1. The van der Waals surface area contributed by atoms with E-state index >= 15 is 0 Å². The molecule has 0 radical (unpaired) electrons. The van der Waals surface area contributed by atoms with E-state index in [0.29, 0.717) is 59.7 Å². The maximum atomic E-state index is 12.2. The van der Waals surface area contributed by atoms with Crippen LogP contribution in [0.25, 0.3) is 11.4 Å². The summed E-state index contributed by atoms with van der Waals surface area (Å²) in [6.45, 7) is 1.32. The van der Waals surface area contributed by atoms with E-state index in [1.807, 2.05) is 0 Å². The molecule has 0 aliphatic carbocycles. The Bertz CT molecular complexity index is 795. The van der Waals surface area contributed by atoms with E-state index in [4.69, 9.17) is 31.3 Å². The number of benzene rings is 1. The van der Waals surface area contributed by atoms with Gasteiger partial charge in [0.05, 0.1) is 19.2 Å². The number of amides is 1. The average Bonchev–Trinajstić information content (AvgIpc) is 3.28. The summed E-state index contributed by atoms with van der Waals surface area (Å²) in [6, 6.07) is 3.47. The lowest BCUT2D eigenvalue weighted by Gasteiger charge is -2.14. The molecule has 0 bridgehead atoms. The lowest BCUT2D eigenvalue weighted by Crippen LogP contribution is -2.31. The number of rotatable bonds is 6. The highest BCUT2D eigenvalue weighted by Gasteiger charge is 2.24. The van der Waals surface area contributed by atoms with Gasteiger partial charge in [-0.2, -0.15) is 4.98 Å². The second-order valence-corrected chi connectivity index (χ2v) is 6.50. The van der Waals surface area contributed by atoms with Crippen LogP contribution in [0.3, 0.4) is 0 Å². The van der Waals surface area contributed by atoms with Crippen molar-refractivity contribution in [3.63, 3.8) is 0 Å². The molecule has 1 amide bonds. The molecule has 1 aliphatic rings. The van der Waals surface area contributed by atoms with Crippen LogP contribution < -0.4 is 15.2 Å². The monoisotopic (exact) mass is 380 g/mol. The van der Waals surface area contributed by atoms with Crippen LogP contribution >= 0.6 is 11.6 Å². The van der Waals surface area contributed by atoms with Gasteiger partial charge in [-0.05, 0) is 18.6 Å². The van der Waals surface area contributed by atoms with Crippen molar-refractivity contribution >= 4 is 17.5 Å². The number of carbonyl (C=O) groups excluding carboxylic acids is 1. The fourth-order valence-corrected chi connectivity index (χ4v) is 3.19. The van der Waals surface area contributed by atoms with Gasteiger partial charge in [-0.25, -0.2) is 0 Å². The van der Waals surface area contributed by atoms with Gasteiger partial charge < -0.3 is 24.6 Å². The highest BCUT2D eigenvalue weighted by atomic mass is 35.5. The van der Waals surface area contributed by atoms with Gasteiger partial charge in [0, 0.05) is 37.5 Å². The predicted octanol–water partition coefficient (Wildman–Crippen LogP) is 1.90. The van der Waals surface area contributed by atoms with Crippen molar-refractivity contribution in [1.29, 1.82) is 0 Å². The maximum Gasteiger partial charge on any atom is 0.227 e. The van der Waals surface area contributed by atoms with E-state index in [1.165, 1.54) is 14.2 Å². The van der Waals surface area contributed by atoms with E-state index < -0.39 is 0 Å². The minimum atomic E-state index is 0.0480. The average molecular weight is 381 g/mol. The van der Waals surface area contributed by atoms with E-state index in [2.05, 4.69) is 10.1 Å². The first-order valence-electron chi connectivity index (χ1n) is 8.29. The van der Waals surface area contributed by atoms with Crippen LogP contribution in [0.4, 0.5) is 0 Å². The molecule has 26 heavy (non-hydrogen) atoms. The SMILES string of the molecule is COc1cc(-c2noc(CCC(=O)N3CC[C@@H](N)C3)n2)cc(Cl)c1OC. The summed E-state index contributed by atoms with van der Waals surface area (Å²) in [5.41, 5.74) is 6.47. The number of aryl methyl sites for hydroxylation is 1. The molecule has 2 aromatic rings. The Morgan fingerprint density at radius 1 is 1.42 bits per heavy atom. The lowest BCUT2D eigenvalue weighted by molar-refractivity contribution is -0.130. The summed E-state index contributed by atoms with van der Waals surface area (Å²) in [5, 5.41) is 4.34. The molecule has 1 fully saturated rings. The maximum absolute atomic E-state index is 12.2. The minimum Gasteiger partial charge on any atom is -0.493 e. The number of ether oxygens (including phenoxy) is 2. The Hall–Kier alpha value is -2.32. The van der Waals surface area contributed by atoms with Gasteiger partial charge in [0.25, 0.3) is 0 Å². The molecule has 2 N–H and O–H groups in total. The third-order valence-electron chi connectivity index (χ3n) is 4.29. The smallest absolute Gasteiger partial charge is 0.227 e.